The van der Waals surface area contributed by atoms with E-state index in [9.17, 15) is 13.2 Å². The molecule has 0 fully saturated rings. The molecule has 3 rings (SSSR count). The molecule has 0 unspecified atom stereocenters. The van der Waals surface area contributed by atoms with Gasteiger partial charge >= 0.3 is 6.03 Å². The van der Waals surface area contributed by atoms with Crippen molar-refractivity contribution in [3.8, 4) is 0 Å². The molecule has 0 aliphatic carbocycles. The summed E-state index contributed by atoms with van der Waals surface area (Å²) in [6.45, 7) is 1.69. The first-order valence-corrected chi connectivity index (χ1v) is 10.9. The molecule has 0 spiro atoms. The minimum atomic E-state index is -3.28. The van der Waals surface area contributed by atoms with Gasteiger partial charge in [0.1, 0.15) is 0 Å². The monoisotopic (exact) mass is 399 g/mol. The molecule has 0 aromatic heterocycles. The van der Waals surface area contributed by atoms with Crippen molar-refractivity contribution in [3.63, 3.8) is 0 Å². The summed E-state index contributed by atoms with van der Waals surface area (Å²) in [5, 5.41) is 2.93. The fraction of sp³-hybridized carbons (Fsp3) is 0.286. The third-order valence-corrected chi connectivity index (χ3v) is 6.11. The number of hydrogen-bond donors (Lipinski definition) is 2. The molecule has 1 aliphatic rings. The van der Waals surface area contributed by atoms with Crippen LogP contribution in [0.25, 0.3) is 5.57 Å². The number of benzene rings is 2. The Morgan fingerprint density at radius 3 is 2.32 bits per heavy atom. The standard InChI is InChI=1S/C21H25N3O3S/c1-22-28(26,27)16-18-9-7-17(8-10-18)15-23-21(25)24-13-11-20(12-14-24)19-5-3-2-4-6-19/h2-11,22H,12-16H2,1H3,(H,23,25). The lowest BCUT2D eigenvalue weighted by atomic mass is 10.00. The first-order valence-electron chi connectivity index (χ1n) is 9.23. The van der Waals surface area contributed by atoms with Gasteiger partial charge in [0.15, 0.2) is 0 Å². The molecule has 0 atom stereocenters. The van der Waals surface area contributed by atoms with E-state index >= 15 is 0 Å². The van der Waals surface area contributed by atoms with Crippen LogP contribution in [-0.2, 0) is 22.3 Å². The van der Waals surface area contributed by atoms with E-state index in [2.05, 4.69) is 28.2 Å². The summed E-state index contributed by atoms with van der Waals surface area (Å²) in [6, 6.07) is 17.3. The Morgan fingerprint density at radius 2 is 1.71 bits per heavy atom. The molecule has 2 N–H and O–H groups in total. The van der Waals surface area contributed by atoms with Gasteiger partial charge in [-0.25, -0.2) is 17.9 Å². The van der Waals surface area contributed by atoms with Crippen LogP contribution >= 0.6 is 0 Å². The van der Waals surface area contributed by atoms with Gasteiger partial charge in [0, 0.05) is 19.6 Å². The van der Waals surface area contributed by atoms with Crippen LogP contribution in [0.15, 0.2) is 60.7 Å². The molecule has 148 valence electrons. The number of nitrogens with one attached hydrogen (secondary N) is 2. The van der Waals surface area contributed by atoms with Crippen LogP contribution in [-0.4, -0.2) is 39.5 Å². The van der Waals surface area contributed by atoms with Crippen molar-refractivity contribution in [2.45, 2.75) is 18.7 Å². The number of hydrogen-bond acceptors (Lipinski definition) is 3. The van der Waals surface area contributed by atoms with E-state index in [4.69, 9.17) is 0 Å². The molecule has 6 nitrogen and oxygen atoms in total. The van der Waals surface area contributed by atoms with E-state index in [-0.39, 0.29) is 11.8 Å². The summed E-state index contributed by atoms with van der Waals surface area (Å²) in [6.07, 6.45) is 2.95. The largest absolute Gasteiger partial charge is 0.334 e. The summed E-state index contributed by atoms with van der Waals surface area (Å²) in [5.41, 5.74) is 4.12. The third-order valence-electron chi connectivity index (χ3n) is 4.78. The van der Waals surface area contributed by atoms with Crippen molar-refractivity contribution in [2.75, 3.05) is 20.1 Å². The molecule has 0 saturated heterocycles. The van der Waals surface area contributed by atoms with Crippen LogP contribution in [0.1, 0.15) is 23.1 Å². The number of amides is 2. The van der Waals surface area contributed by atoms with Gasteiger partial charge in [0.2, 0.25) is 10.0 Å². The van der Waals surface area contributed by atoms with Crippen LogP contribution in [0.5, 0.6) is 0 Å². The summed E-state index contributed by atoms with van der Waals surface area (Å²) < 4.78 is 25.5. The van der Waals surface area contributed by atoms with E-state index in [0.29, 0.717) is 25.2 Å². The van der Waals surface area contributed by atoms with Crippen molar-refractivity contribution >= 4 is 21.6 Å². The van der Waals surface area contributed by atoms with Gasteiger partial charge < -0.3 is 10.2 Å². The zero-order valence-corrected chi connectivity index (χ0v) is 16.7. The summed E-state index contributed by atoms with van der Waals surface area (Å²) in [7, 11) is -1.88. The van der Waals surface area contributed by atoms with Gasteiger partial charge in [-0.1, -0.05) is 60.7 Å². The lowest BCUT2D eigenvalue weighted by Crippen LogP contribution is -2.41. The predicted octanol–water partition coefficient (Wildman–Crippen LogP) is 2.73. The summed E-state index contributed by atoms with van der Waals surface area (Å²) >= 11 is 0. The second-order valence-corrected chi connectivity index (χ2v) is 8.66. The normalized spacial score (nSPS) is 14.5. The summed E-state index contributed by atoms with van der Waals surface area (Å²) in [4.78, 5) is 14.2. The Balaban J connectivity index is 1.50. The van der Waals surface area contributed by atoms with Crippen LogP contribution < -0.4 is 10.0 Å². The number of nitrogens with zero attached hydrogens (tertiary/aromatic N) is 1. The number of urea groups is 1. The number of rotatable bonds is 6. The van der Waals surface area contributed by atoms with E-state index < -0.39 is 10.0 Å². The first-order chi connectivity index (χ1) is 13.5. The van der Waals surface area contributed by atoms with Crippen LogP contribution in [0.3, 0.4) is 0 Å². The van der Waals surface area contributed by atoms with Gasteiger partial charge in [0.05, 0.1) is 5.75 Å². The Morgan fingerprint density at radius 1 is 1.04 bits per heavy atom. The molecule has 2 aromatic carbocycles. The molecule has 2 aromatic rings. The maximum Gasteiger partial charge on any atom is 0.317 e. The smallest absolute Gasteiger partial charge is 0.317 e. The van der Waals surface area contributed by atoms with Gasteiger partial charge in [-0.2, -0.15) is 0 Å². The molecular weight excluding hydrogens is 374 g/mol. The Bertz CT molecular complexity index is 939. The van der Waals surface area contributed by atoms with Crippen LogP contribution in [0.4, 0.5) is 4.79 Å². The fourth-order valence-electron chi connectivity index (χ4n) is 3.10. The maximum absolute atomic E-state index is 12.4. The minimum Gasteiger partial charge on any atom is -0.334 e. The topological polar surface area (TPSA) is 78.5 Å². The van der Waals surface area contributed by atoms with E-state index in [1.165, 1.54) is 18.2 Å². The average molecular weight is 400 g/mol. The quantitative estimate of drug-likeness (QED) is 0.784. The van der Waals surface area contributed by atoms with Crippen molar-refractivity contribution < 1.29 is 13.2 Å². The zero-order chi connectivity index (χ0) is 20.0. The number of sulfonamides is 1. The SMILES string of the molecule is CNS(=O)(=O)Cc1ccc(CNC(=O)N2CC=C(c3ccccc3)CC2)cc1. The fourth-order valence-corrected chi connectivity index (χ4v) is 3.88. The van der Waals surface area contributed by atoms with Crippen molar-refractivity contribution in [3.05, 3.63) is 77.4 Å². The average Bonchev–Trinajstić information content (AvgIpc) is 2.73. The highest BCUT2D eigenvalue weighted by Gasteiger charge is 2.17. The van der Waals surface area contributed by atoms with Crippen LogP contribution in [0.2, 0.25) is 0 Å². The van der Waals surface area contributed by atoms with Gasteiger partial charge in [-0.15, -0.1) is 0 Å². The number of carbonyl (C=O) groups is 1. The second-order valence-electron chi connectivity index (χ2n) is 6.73. The Kier molecular flexibility index (Phi) is 6.49. The molecule has 0 radical (unpaired) electrons. The van der Waals surface area contributed by atoms with E-state index in [1.807, 2.05) is 30.3 Å². The lowest BCUT2D eigenvalue weighted by Gasteiger charge is -2.27. The first kappa shape index (κ1) is 20.1. The molecule has 2 amide bonds. The van der Waals surface area contributed by atoms with Gasteiger partial charge in [-0.3, -0.25) is 0 Å². The lowest BCUT2D eigenvalue weighted by molar-refractivity contribution is 0.202. The second kappa shape index (κ2) is 9.03. The van der Waals surface area contributed by atoms with E-state index in [0.717, 1.165) is 12.0 Å². The predicted molar refractivity (Wildman–Crippen MR) is 111 cm³/mol. The highest BCUT2D eigenvalue weighted by molar-refractivity contribution is 7.88. The number of carbonyl (C=O) groups excluding carboxylic acids is 1. The summed E-state index contributed by atoms with van der Waals surface area (Å²) in [5.74, 6) is -0.0556. The van der Waals surface area contributed by atoms with Crippen molar-refractivity contribution in [1.82, 2.24) is 14.9 Å². The highest BCUT2D eigenvalue weighted by Crippen LogP contribution is 2.21. The molecule has 28 heavy (non-hydrogen) atoms. The highest BCUT2D eigenvalue weighted by atomic mass is 32.2. The maximum atomic E-state index is 12.4. The zero-order valence-electron chi connectivity index (χ0n) is 15.9. The molecule has 1 heterocycles. The molecule has 0 bridgehead atoms. The Labute approximate surface area is 166 Å². The molecule has 7 heteroatoms. The third kappa shape index (κ3) is 5.43. The molecular formula is C21H25N3O3S. The van der Waals surface area contributed by atoms with Gasteiger partial charge in [0.25, 0.3) is 0 Å². The molecule has 0 saturated carbocycles. The van der Waals surface area contributed by atoms with E-state index in [1.54, 1.807) is 17.0 Å². The minimum absolute atomic E-state index is 0.0556. The van der Waals surface area contributed by atoms with Crippen molar-refractivity contribution in [2.24, 2.45) is 0 Å². The van der Waals surface area contributed by atoms with Crippen LogP contribution in [0, 0.1) is 0 Å². The Hall–Kier alpha value is -2.64. The van der Waals surface area contributed by atoms with Crippen molar-refractivity contribution in [1.29, 1.82) is 0 Å². The molecule has 1 aliphatic heterocycles. The van der Waals surface area contributed by atoms with Gasteiger partial charge in [-0.05, 0) is 35.7 Å².